The summed E-state index contributed by atoms with van der Waals surface area (Å²) in [5.74, 6) is -0.0357. The Morgan fingerprint density at radius 2 is 2.29 bits per heavy atom. The molecule has 5 heteroatoms. The summed E-state index contributed by atoms with van der Waals surface area (Å²) in [7, 11) is 0. The Morgan fingerprint density at radius 1 is 1.57 bits per heavy atom. The number of rotatable bonds is 3. The first-order valence-corrected chi connectivity index (χ1v) is 4.02. The number of hydrogen-bond acceptors (Lipinski definition) is 3. The number of amides is 1. The van der Waals surface area contributed by atoms with E-state index in [0.29, 0.717) is 11.3 Å². The fraction of sp³-hybridized carbons (Fsp3) is 0.222. The number of anilines is 1. The predicted octanol–water partition coefficient (Wildman–Crippen LogP) is 1.30. The minimum absolute atomic E-state index is 0.0357. The fourth-order valence-electron chi connectivity index (χ4n) is 1.07. The normalized spacial score (nSPS) is 9.50. The van der Waals surface area contributed by atoms with Crippen molar-refractivity contribution in [3.05, 3.63) is 24.0 Å². The van der Waals surface area contributed by atoms with Crippen molar-refractivity contribution in [1.29, 1.82) is 0 Å². The predicted molar refractivity (Wildman–Crippen MR) is 50.3 cm³/mol. The van der Waals surface area contributed by atoms with Crippen LogP contribution in [0.3, 0.4) is 0 Å². The van der Waals surface area contributed by atoms with Crippen molar-refractivity contribution in [1.82, 2.24) is 4.98 Å². The molecule has 0 aromatic carbocycles. The molecule has 74 valence electrons. The van der Waals surface area contributed by atoms with Gasteiger partial charge in [0.1, 0.15) is 5.78 Å². The van der Waals surface area contributed by atoms with E-state index in [9.17, 15) is 9.59 Å². The molecule has 1 rings (SSSR count). The average Bonchev–Trinajstić information content (AvgIpc) is 2.06. The molecule has 0 saturated heterocycles. The van der Waals surface area contributed by atoms with Gasteiger partial charge in [0.25, 0.3) is 0 Å². The van der Waals surface area contributed by atoms with Gasteiger partial charge in [-0.3, -0.25) is 15.1 Å². The number of hydrogen-bond donors (Lipinski definition) is 2. The van der Waals surface area contributed by atoms with Crippen molar-refractivity contribution < 1.29 is 14.7 Å². The number of carboxylic acid groups (broad SMARTS) is 1. The molecule has 0 radical (unpaired) electrons. The first-order chi connectivity index (χ1) is 6.59. The van der Waals surface area contributed by atoms with Crippen LogP contribution in [0.4, 0.5) is 10.5 Å². The molecule has 0 aliphatic carbocycles. The second-order valence-corrected chi connectivity index (χ2v) is 2.84. The highest BCUT2D eigenvalue weighted by Crippen LogP contribution is 2.14. The molecule has 1 amide bonds. The number of aromatic nitrogens is 1. The monoisotopic (exact) mass is 194 g/mol. The lowest BCUT2D eigenvalue weighted by molar-refractivity contribution is -0.116. The molecular weight excluding hydrogens is 184 g/mol. The Labute approximate surface area is 80.8 Å². The summed E-state index contributed by atoms with van der Waals surface area (Å²) in [5.41, 5.74) is 0.991. The molecule has 0 atom stereocenters. The van der Waals surface area contributed by atoms with Gasteiger partial charge in [0, 0.05) is 24.4 Å². The van der Waals surface area contributed by atoms with E-state index in [0.717, 1.165) is 0 Å². The summed E-state index contributed by atoms with van der Waals surface area (Å²) < 4.78 is 0. The van der Waals surface area contributed by atoms with Crippen LogP contribution in [0.1, 0.15) is 12.5 Å². The third-order valence-corrected chi connectivity index (χ3v) is 1.58. The van der Waals surface area contributed by atoms with Crippen LogP contribution in [0.15, 0.2) is 18.5 Å². The lowest BCUT2D eigenvalue weighted by Crippen LogP contribution is -2.10. The number of carbonyl (C=O) groups excluding carboxylic acids is 1. The van der Waals surface area contributed by atoms with Gasteiger partial charge < -0.3 is 5.11 Å². The summed E-state index contributed by atoms with van der Waals surface area (Å²) in [6, 6.07) is 1.52. The van der Waals surface area contributed by atoms with Crippen molar-refractivity contribution in [2.75, 3.05) is 5.32 Å². The highest BCUT2D eigenvalue weighted by Gasteiger charge is 2.06. The minimum atomic E-state index is -1.15. The van der Waals surface area contributed by atoms with Crippen molar-refractivity contribution >= 4 is 17.6 Å². The van der Waals surface area contributed by atoms with E-state index in [4.69, 9.17) is 5.11 Å². The van der Waals surface area contributed by atoms with Gasteiger partial charge >= 0.3 is 6.09 Å². The zero-order chi connectivity index (χ0) is 10.6. The largest absolute Gasteiger partial charge is 0.465 e. The minimum Gasteiger partial charge on any atom is -0.465 e. The molecule has 1 aromatic heterocycles. The standard InChI is InChI=1S/C9H10N2O3/c1-6(12)4-7-5-10-3-2-8(7)11-9(13)14/h2-3,5H,4H2,1H3,(H,10,11)(H,13,14). The highest BCUT2D eigenvalue weighted by molar-refractivity contribution is 5.86. The molecule has 1 heterocycles. The maximum absolute atomic E-state index is 10.8. The number of carbonyl (C=O) groups is 2. The number of nitrogens with one attached hydrogen (secondary N) is 1. The van der Waals surface area contributed by atoms with Crippen molar-refractivity contribution in [2.24, 2.45) is 0 Å². The summed E-state index contributed by atoms with van der Waals surface area (Å²) >= 11 is 0. The zero-order valence-corrected chi connectivity index (χ0v) is 7.65. The van der Waals surface area contributed by atoms with Gasteiger partial charge in [0.05, 0.1) is 5.69 Å². The van der Waals surface area contributed by atoms with Crippen LogP contribution in [-0.4, -0.2) is 22.0 Å². The van der Waals surface area contributed by atoms with Crippen molar-refractivity contribution in [3.8, 4) is 0 Å². The first kappa shape index (κ1) is 10.2. The SMILES string of the molecule is CC(=O)Cc1cnccc1NC(=O)O. The molecule has 0 aliphatic rings. The van der Waals surface area contributed by atoms with E-state index in [1.54, 1.807) is 0 Å². The van der Waals surface area contributed by atoms with Crippen LogP contribution in [0.25, 0.3) is 0 Å². The van der Waals surface area contributed by atoms with Crippen LogP contribution in [-0.2, 0) is 11.2 Å². The van der Waals surface area contributed by atoms with Gasteiger partial charge in [-0.1, -0.05) is 0 Å². The van der Waals surface area contributed by atoms with Gasteiger partial charge in [-0.25, -0.2) is 4.79 Å². The van der Waals surface area contributed by atoms with Gasteiger partial charge in [-0.05, 0) is 13.0 Å². The third-order valence-electron chi connectivity index (χ3n) is 1.58. The van der Waals surface area contributed by atoms with Crippen LogP contribution < -0.4 is 5.32 Å². The van der Waals surface area contributed by atoms with Gasteiger partial charge in [0.2, 0.25) is 0 Å². The second kappa shape index (κ2) is 4.36. The van der Waals surface area contributed by atoms with E-state index < -0.39 is 6.09 Å². The lowest BCUT2D eigenvalue weighted by Gasteiger charge is -2.05. The first-order valence-electron chi connectivity index (χ1n) is 4.02. The second-order valence-electron chi connectivity index (χ2n) is 2.84. The molecule has 1 aromatic rings. The molecule has 5 nitrogen and oxygen atoms in total. The van der Waals surface area contributed by atoms with Gasteiger partial charge in [0.15, 0.2) is 0 Å². The third kappa shape index (κ3) is 2.85. The van der Waals surface area contributed by atoms with Gasteiger partial charge in [-0.15, -0.1) is 0 Å². The Kier molecular flexibility index (Phi) is 3.17. The number of nitrogens with zero attached hydrogens (tertiary/aromatic N) is 1. The topological polar surface area (TPSA) is 79.3 Å². The summed E-state index contributed by atoms with van der Waals surface area (Å²) in [6.45, 7) is 1.44. The molecule has 0 spiro atoms. The van der Waals surface area contributed by atoms with Crippen LogP contribution in [0.2, 0.25) is 0 Å². The van der Waals surface area contributed by atoms with Gasteiger partial charge in [-0.2, -0.15) is 0 Å². The number of ketones is 1. The molecule has 0 bridgehead atoms. The van der Waals surface area contributed by atoms with E-state index in [-0.39, 0.29) is 12.2 Å². The van der Waals surface area contributed by atoms with E-state index in [2.05, 4.69) is 10.3 Å². The Morgan fingerprint density at radius 3 is 2.86 bits per heavy atom. The average molecular weight is 194 g/mol. The summed E-state index contributed by atoms with van der Waals surface area (Å²) in [4.78, 5) is 25.1. The fourth-order valence-corrected chi connectivity index (χ4v) is 1.07. The van der Waals surface area contributed by atoms with E-state index in [1.165, 1.54) is 25.4 Å². The molecule has 0 fully saturated rings. The van der Waals surface area contributed by atoms with E-state index >= 15 is 0 Å². The van der Waals surface area contributed by atoms with E-state index in [1.807, 2.05) is 0 Å². The maximum atomic E-state index is 10.8. The van der Waals surface area contributed by atoms with Crippen molar-refractivity contribution in [3.63, 3.8) is 0 Å². The highest BCUT2D eigenvalue weighted by atomic mass is 16.4. The smallest absolute Gasteiger partial charge is 0.409 e. The number of Topliss-reactive ketones (excluding diaryl/α,β-unsaturated/α-hetero) is 1. The van der Waals surface area contributed by atoms with Crippen molar-refractivity contribution in [2.45, 2.75) is 13.3 Å². The molecule has 0 saturated carbocycles. The quantitative estimate of drug-likeness (QED) is 0.760. The molecule has 0 aliphatic heterocycles. The molecule has 0 unspecified atom stereocenters. The lowest BCUT2D eigenvalue weighted by atomic mass is 10.1. The molecule has 14 heavy (non-hydrogen) atoms. The zero-order valence-electron chi connectivity index (χ0n) is 7.65. The summed E-state index contributed by atoms with van der Waals surface area (Å²) in [6.07, 6.45) is 1.98. The Hall–Kier alpha value is -1.91. The van der Waals surface area contributed by atoms with Crippen LogP contribution in [0, 0.1) is 0 Å². The Bertz CT molecular complexity index is 328. The number of pyridine rings is 1. The molecule has 2 N–H and O–H groups in total. The maximum Gasteiger partial charge on any atom is 0.409 e. The molecular formula is C9H10N2O3. The van der Waals surface area contributed by atoms with Crippen LogP contribution in [0.5, 0.6) is 0 Å². The summed E-state index contributed by atoms with van der Waals surface area (Å²) in [5, 5.41) is 10.7. The Balaban J connectivity index is 2.90. The van der Waals surface area contributed by atoms with Crippen LogP contribution >= 0.6 is 0 Å².